The summed E-state index contributed by atoms with van der Waals surface area (Å²) in [4.78, 5) is 46.4. The molecule has 5 aromatic rings. The second kappa shape index (κ2) is 11.4. The van der Waals surface area contributed by atoms with E-state index in [1.54, 1.807) is 42.0 Å². The fourth-order valence-corrected chi connectivity index (χ4v) is 4.57. The number of fused-ring (bicyclic) bond motifs is 1. The SMILES string of the molecule is CCN(C)C(=O)c1cnc(N)nc1NC(C)c1nc2cccc(-c3ccnc(OC)c3)c2c(=O)n1-c1ccccc1. The Balaban J connectivity index is 1.70. The summed E-state index contributed by atoms with van der Waals surface area (Å²) in [5, 5.41) is 3.72. The number of pyridine rings is 1. The summed E-state index contributed by atoms with van der Waals surface area (Å²) in [5.41, 5.74) is 8.54. The molecule has 0 spiro atoms. The summed E-state index contributed by atoms with van der Waals surface area (Å²) >= 11 is 0. The van der Waals surface area contributed by atoms with Gasteiger partial charge >= 0.3 is 0 Å². The highest BCUT2D eigenvalue weighted by Crippen LogP contribution is 2.30. The minimum absolute atomic E-state index is 0.0137. The van der Waals surface area contributed by atoms with Gasteiger partial charge in [0.25, 0.3) is 11.5 Å². The van der Waals surface area contributed by atoms with Crippen molar-refractivity contribution in [1.82, 2.24) is 29.4 Å². The summed E-state index contributed by atoms with van der Waals surface area (Å²) in [5.74, 6) is 0.874. The molecule has 2 aromatic carbocycles. The molecule has 3 heterocycles. The molecule has 1 atom stereocenters. The number of hydrogen-bond donors (Lipinski definition) is 2. The van der Waals surface area contributed by atoms with Crippen LogP contribution >= 0.6 is 0 Å². The van der Waals surface area contributed by atoms with Gasteiger partial charge in [0.15, 0.2) is 0 Å². The molecular weight excluding hydrogens is 520 g/mol. The molecule has 41 heavy (non-hydrogen) atoms. The molecule has 0 saturated carbocycles. The lowest BCUT2D eigenvalue weighted by molar-refractivity contribution is 0.0802. The average Bonchev–Trinajstić information content (AvgIpc) is 3.00. The molecule has 0 aliphatic carbocycles. The Morgan fingerprint density at radius 2 is 1.88 bits per heavy atom. The molecule has 11 heteroatoms. The van der Waals surface area contributed by atoms with Crippen LogP contribution in [0.4, 0.5) is 11.8 Å². The number of nitrogens with one attached hydrogen (secondary N) is 1. The number of amides is 1. The maximum atomic E-state index is 14.4. The van der Waals surface area contributed by atoms with Crippen LogP contribution in [0.25, 0.3) is 27.7 Å². The van der Waals surface area contributed by atoms with Crippen molar-refractivity contribution in [2.45, 2.75) is 19.9 Å². The largest absolute Gasteiger partial charge is 0.481 e. The number of rotatable bonds is 8. The predicted molar refractivity (Wildman–Crippen MR) is 158 cm³/mol. The first-order chi connectivity index (χ1) is 19.8. The third-order valence-electron chi connectivity index (χ3n) is 6.79. The molecule has 1 amide bonds. The topological polar surface area (TPSA) is 141 Å². The zero-order valence-corrected chi connectivity index (χ0v) is 23.2. The molecule has 0 radical (unpaired) electrons. The number of hydrogen-bond acceptors (Lipinski definition) is 9. The van der Waals surface area contributed by atoms with E-state index in [1.807, 2.05) is 62.4 Å². The van der Waals surface area contributed by atoms with E-state index in [2.05, 4.69) is 20.3 Å². The summed E-state index contributed by atoms with van der Waals surface area (Å²) in [6.45, 7) is 4.23. The quantitative estimate of drug-likeness (QED) is 0.292. The van der Waals surface area contributed by atoms with Gasteiger partial charge in [0, 0.05) is 32.1 Å². The van der Waals surface area contributed by atoms with Crippen LogP contribution in [0.15, 0.2) is 77.9 Å². The van der Waals surface area contributed by atoms with Crippen LogP contribution in [0.5, 0.6) is 5.88 Å². The second-order valence-electron chi connectivity index (χ2n) is 9.41. The lowest BCUT2D eigenvalue weighted by Gasteiger charge is -2.22. The number of nitrogens with zero attached hydrogens (tertiary/aromatic N) is 6. The van der Waals surface area contributed by atoms with Crippen molar-refractivity contribution in [3.05, 3.63) is 94.8 Å². The first-order valence-corrected chi connectivity index (χ1v) is 13.1. The summed E-state index contributed by atoms with van der Waals surface area (Å²) in [6.07, 6.45) is 3.04. The number of aromatic nitrogens is 5. The van der Waals surface area contributed by atoms with E-state index in [0.717, 1.165) is 5.56 Å². The third-order valence-corrected chi connectivity index (χ3v) is 6.79. The number of nitrogens with two attached hydrogens (primary N) is 1. The maximum absolute atomic E-state index is 14.4. The Labute approximate surface area is 236 Å². The van der Waals surface area contributed by atoms with Gasteiger partial charge in [0.1, 0.15) is 17.2 Å². The number of anilines is 2. The number of ether oxygens (including phenoxy) is 1. The molecule has 5 rings (SSSR count). The number of benzene rings is 2. The Bertz CT molecular complexity index is 1790. The average molecular weight is 551 g/mol. The molecular formula is C30H30N8O3. The molecule has 3 aromatic heterocycles. The summed E-state index contributed by atoms with van der Waals surface area (Å²) in [7, 11) is 3.24. The second-order valence-corrected chi connectivity index (χ2v) is 9.41. The Morgan fingerprint density at radius 1 is 1.10 bits per heavy atom. The van der Waals surface area contributed by atoms with E-state index in [4.69, 9.17) is 15.5 Å². The molecule has 11 nitrogen and oxygen atoms in total. The zero-order valence-electron chi connectivity index (χ0n) is 23.2. The highest BCUT2D eigenvalue weighted by molar-refractivity contribution is 5.98. The van der Waals surface area contributed by atoms with Crippen LogP contribution in [-0.2, 0) is 0 Å². The van der Waals surface area contributed by atoms with Crippen molar-refractivity contribution in [2.24, 2.45) is 0 Å². The zero-order chi connectivity index (χ0) is 29.1. The first-order valence-electron chi connectivity index (χ1n) is 13.1. The van der Waals surface area contributed by atoms with E-state index < -0.39 is 6.04 Å². The maximum Gasteiger partial charge on any atom is 0.266 e. The van der Waals surface area contributed by atoms with Gasteiger partial charge in [-0.1, -0.05) is 30.3 Å². The van der Waals surface area contributed by atoms with Crippen molar-refractivity contribution >= 4 is 28.6 Å². The molecule has 208 valence electrons. The van der Waals surface area contributed by atoms with Gasteiger partial charge in [-0.25, -0.2) is 15.0 Å². The minimum atomic E-state index is -0.565. The first kappa shape index (κ1) is 27.3. The number of nitrogen functional groups attached to an aromatic ring is 1. The Kier molecular flexibility index (Phi) is 7.59. The van der Waals surface area contributed by atoms with E-state index in [9.17, 15) is 9.59 Å². The lowest BCUT2D eigenvalue weighted by atomic mass is 10.0. The van der Waals surface area contributed by atoms with Gasteiger partial charge in [-0.3, -0.25) is 14.2 Å². The third kappa shape index (κ3) is 5.29. The van der Waals surface area contributed by atoms with Crippen molar-refractivity contribution in [3.63, 3.8) is 0 Å². The van der Waals surface area contributed by atoms with Crippen LogP contribution in [0.2, 0.25) is 0 Å². The standard InChI is InChI=1S/C30H30N8O3/c1-5-37(3)28(39)22-17-33-30(31)36-26(22)34-18(2)27-35-23-13-9-12-21(19-14-15-32-24(16-19)41-4)25(23)29(40)38(27)20-10-7-6-8-11-20/h6-18H,5H2,1-4H3,(H3,31,33,34,36). The van der Waals surface area contributed by atoms with Gasteiger partial charge in [-0.2, -0.15) is 4.98 Å². The normalized spacial score (nSPS) is 11.7. The van der Waals surface area contributed by atoms with Crippen LogP contribution in [0.1, 0.15) is 36.1 Å². The smallest absolute Gasteiger partial charge is 0.266 e. The molecule has 3 N–H and O–H groups in total. The van der Waals surface area contributed by atoms with Crippen molar-refractivity contribution < 1.29 is 9.53 Å². The fraction of sp³-hybridized carbons (Fsp3) is 0.200. The van der Waals surface area contributed by atoms with Crippen LogP contribution < -0.4 is 21.3 Å². The highest BCUT2D eigenvalue weighted by Gasteiger charge is 2.24. The number of para-hydroxylation sites is 1. The molecule has 1 unspecified atom stereocenters. The van der Waals surface area contributed by atoms with E-state index in [0.29, 0.717) is 40.4 Å². The Hall–Kier alpha value is -5.32. The monoisotopic (exact) mass is 550 g/mol. The number of methoxy groups -OCH3 is 1. The minimum Gasteiger partial charge on any atom is -0.481 e. The lowest BCUT2D eigenvalue weighted by Crippen LogP contribution is -2.30. The highest BCUT2D eigenvalue weighted by atomic mass is 16.5. The molecule has 0 aliphatic rings. The van der Waals surface area contributed by atoms with Gasteiger partial charge in [-0.05, 0) is 49.2 Å². The van der Waals surface area contributed by atoms with Crippen molar-refractivity contribution in [1.29, 1.82) is 0 Å². The van der Waals surface area contributed by atoms with E-state index in [-0.39, 0.29) is 28.8 Å². The van der Waals surface area contributed by atoms with Gasteiger partial charge in [0.2, 0.25) is 11.8 Å². The summed E-state index contributed by atoms with van der Waals surface area (Å²) < 4.78 is 6.89. The van der Waals surface area contributed by atoms with Gasteiger partial charge in [-0.15, -0.1) is 0 Å². The van der Waals surface area contributed by atoms with Crippen molar-refractivity contribution in [3.8, 4) is 22.7 Å². The molecule has 0 bridgehead atoms. The number of carbonyl (C=O) groups is 1. The number of carbonyl (C=O) groups excluding carboxylic acids is 1. The van der Waals surface area contributed by atoms with Crippen LogP contribution in [0.3, 0.4) is 0 Å². The van der Waals surface area contributed by atoms with Gasteiger partial charge < -0.3 is 20.7 Å². The van der Waals surface area contributed by atoms with Gasteiger partial charge in [0.05, 0.1) is 29.7 Å². The van der Waals surface area contributed by atoms with Crippen molar-refractivity contribution in [2.75, 3.05) is 31.8 Å². The van der Waals surface area contributed by atoms with Crippen LogP contribution in [-0.4, -0.2) is 56.0 Å². The van der Waals surface area contributed by atoms with E-state index >= 15 is 0 Å². The summed E-state index contributed by atoms with van der Waals surface area (Å²) in [6, 6.07) is 17.9. The predicted octanol–water partition coefficient (Wildman–Crippen LogP) is 4.09. The molecule has 0 fully saturated rings. The molecule has 0 saturated heterocycles. The molecule has 0 aliphatic heterocycles. The fourth-order valence-electron chi connectivity index (χ4n) is 4.57. The van der Waals surface area contributed by atoms with E-state index in [1.165, 1.54) is 6.20 Å². The Morgan fingerprint density at radius 3 is 2.61 bits per heavy atom. The van der Waals surface area contributed by atoms with Crippen LogP contribution in [0, 0.1) is 0 Å².